The highest BCUT2D eigenvalue weighted by atomic mass is 16.5. The standard InChI is InChI=1S/C47H64N4O2/c1-11-16-37-20-19-35(26-36(37)12-2)27-39(44(52)50-23-21-49(22-24-50)40-17-14-15-18-42(40)53-13-3)48-33(6)41-25-31(4)29-51(41)34(7)43-32(5)46(9)30-45(8)28-38(43)47(45,46)10/h11-12,14,16-17,19-20,26,31,38-39,41,43,48H,1,5-7,13,15,18,21-25,27-30H2,2-4,8-10H3/b36-12-,37-16-/t31?,38?,39-,41-,43?,45?,46+,47?/m0/s1. The van der Waals surface area contributed by atoms with E-state index >= 15 is 0 Å². The lowest BCUT2D eigenvalue weighted by Gasteiger charge is -2.76. The summed E-state index contributed by atoms with van der Waals surface area (Å²) < 4.78 is 6.03. The van der Waals surface area contributed by atoms with Crippen molar-refractivity contribution in [2.24, 2.45) is 34.0 Å². The summed E-state index contributed by atoms with van der Waals surface area (Å²) in [6, 6.07) is 6.15. The number of piperazine rings is 1. The van der Waals surface area contributed by atoms with Crippen LogP contribution in [-0.4, -0.2) is 72.0 Å². The number of ether oxygens (including phenoxy) is 1. The summed E-state index contributed by atoms with van der Waals surface area (Å²) in [6.45, 7) is 36.7. The highest BCUT2D eigenvalue weighted by Crippen LogP contribution is 2.89. The van der Waals surface area contributed by atoms with Crippen LogP contribution in [-0.2, 0) is 16.0 Å². The lowest BCUT2D eigenvalue weighted by Crippen LogP contribution is -2.69. The Hall–Kier alpha value is -3.93. The van der Waals surface area contributed by atoms with Crippen molar-refractivity contribution >= 4 is 18.1 Å². The van der Waals surface area contributed by atoms with E-state index in [1.54, 1.807) is 0 Å². The molecular formula is C47H64N4O2. The number of likely N-dealkylation sites (tertiary alicyclic amines) is 1. The molecule has 0 radical (unpaired) electrons. The SMILES string of the molecule is C=C/C=c1/ccc(C[C@H](NC(=C)[C@@H]2CC(C)CN2C(=C)C2C(=C)[C@@]3(C)CC4(C)CC2C43C)C(=O)N2CCN(C3=C(OCC)CCC=C3)CC2)c/c1=C/C. The molecule has 6 aliphatic rings. The lowest BCUT2D eigenvalue weighted by atomic mass is 9.28. The van der Waals surface area contributed by atoms with Crippen molar-refractivity contribution < 1.29 is 9.53 Å². The summed E-state index contributed by atoms with van der Waals surface area (Å²) in [5, 5.41) is 6.06. The average molecular weight is 717 g/mol. The van der Waals surface area contributed by atoms with Gasteiger partial charge in [-0.15, -0.1) is 0 Å². The number of allylic oxidation sites excluding steroid dienone is 5. The second kappa shape index (κ2) is 14.0. The number of hydrogen-bond acceptors (Lipinski definition) is 5. The maximum Gasteiger partial charge on any atom is 0.245 e. The number of carbonyl (C=O) groups excluding carboxylic acids is 1. The van der Waals surface area contributed by atoms with E-state index in [9.17, 15) is 4.79 Å². The fourth-order valence-corrected chi connectivity index (χ4v) is 11.9. The number of nitrogens with zero attached hydrogens (tertiary/aromatic N) is 3. The second-order valence-electron chi connectivity index (χ2n) is 17.7. The summed E-state index contributed by atoms with van der Waals surface area (Å²) in [7, 11) is 0. The van der Waals surface area contributed by atoms with Gasteiger partial charge in [-0.1, -0.05) is 102 Å². The fourth-order valence-electron chi connectivity index (χ4n) is 11.9. The highest BCUT2D eigenvalue weighted by Gasteiger charge is 2.82. The van der Waals surface area contributed by atoms with Crippen molar-refractivity contribution in [2.75, 3.05) is 39.3 Å². The predicted octanol–water partition coefficient (Wildman–Crippen LogP) is 7.06. The van der Waals surface area contributed by atoms with Crippen LogP contribution in [0, 0.1) is 34.0 Å². The maximum atomic E-state index is 14.7. The predicted molar refractivity (Wildman–Crippen MR) is 219 cm³/mol. The van der Waals surface area contributed by atoms with Gasteiger partial charge >= 0.3 is 0 Å². The van der Waals surface area contributed by atoms with Crippen LogP contribution in [0.25, 0.3) is 12.2 Å². The second-order valence-corrected chi connectivity index (χ2v) is 17.7. The minimum atomic E-state index is -0.436. The molecule has 0 aromatic heterocycles. The summed E-state index contributed by atoms with van der Waals surface area (Å²) in [4.78, 5) is 21.7. The summed E-state index contributed by atoms with van der Waals surface area (Å²) in [6.07, 6.45) is 16.5. The third-order valence-corrected chi connectivity index (χ3v) is 14.9. The van der Waals surface area contributed by atoms with Crippen LogP contribution in [0.4, 0.5) is 0 Å². The number of hydrogen-bond donors (Lipinski definition) is 1. The minimum Gasteiger partial charge on any atom is -0.496 e. The third kappa shape index (κ3) is 5.94. The highest BCUT2D eigenvalue weighted by molar-refractivity contribution is 5.82. The minimum absolute atomic E-state index is 0.0777. The molecule has 1 N–H and O–H groups in total. The van der Waals surface area contributed by atoms with Gasteiger partial charge in [-0.3, -0.25) is 4.79 Å². The average Bonchev–Trinajstić information content (AvgIpc) is 3.56. The number of benzene rings is 1. The molecule has 2 aliphatic heterocycles. The Kier molecular flexibility index (Phi) is 9.91. The molecule has 0 bridgehead atoms. The summed E-state index contributed by atoms with van der Waals surface area (Å²) >= 11 is 0. The van der Waals surface area contributed by atoms with Crippen LogP contribution in [0.2, 0.25) is 0 Å². The third-order valence-electron chi connectivity index (χ3n) is 14.9. The number of rotatable bonds is 12. The largest absolute Gasteiger partial charge is 0.496 e. The maximum absolute atomic E-state index is 14.7. The Morgan fingerprint density at radius 2 is 1.89 bits per heavy atom. The van der Waals surface area contributed by atoms with Crippen molar-refractivity contribution in [3.63, 3.8) is 0 Å². The van der Waals surface area contributed by atoms with Gasteiger partial charge in [0.2, 0.25) is 5.91 Å². The van der Waals surface area contributed by atoms with Crippen LogP contribution in [0.3, 0.4) is 0 Å². The summed E-state index contributed by atoms with van der Waals surface area (Å²) in [5.41, 5.74) is 6.77. The molecule has 6 nitrogen and oxygen atoms in total. The topological polar surface area (TPSA) is 48.1 Å². The van der Waals surface area contributed by atoms with Gasteiger partial charge in [0.05, 0.1) is 18.3 Å². The van der Waals surface area contributed by atoms with E-state index in [4.69, 9.17) is 24.5 Å². The van der Waals surface area contributed by atoms with Crippen LogP contribution in [0.15, 0.2) is 91.2 Å². The van der Waals surface area contributed by atoms with Crippen LogP contribution in [0.5, 0.6) is 0 Å². The molecule has 6 heteroatoms. The van der Waals surface area contributed by atoms with E-state index in [0.717, 1.165) is 66.4 Å². The van der Waals surface area contributed by atoms with Gasteiger partial charge in [0.15, 0.2) is 0 Å². The zero-order chi connectivity index (χ0) is 37.9. The molecule has 1 aromatic carbocycles. The van der Waals surface area contributed by atoms with E-state index in [-0.39, 0.29) is 17.4 Å². The van der Waals surface area contributed by atoms with Crippen molar-refractivity contribution in [1.82, 2.24) is 20.0 Å². The van der Waals surface area contributed by atoms with Crippen molar-refractivity contribution in [1.29, 1.82) is 0 Å². The first-order valence-corrected chi connectivity index (χ1v) is 20.3. The molecular weight excluding hydrogens is 653 g/mol. The van der Waals surface area contributed by atoms with E-state index in [2.05, 4.69) is 97.6 Å². The quantitative estimate of drug-likeness (QED) is 0.235. The molecule has 5 fully saturated rings. The molecule has 284 valence electrons. The van der Waals surface area contributed by atoms with Crippen LogP contribution in [0.1, 0.15) is 79.2 Å². The Balaban J connectivity index is 1.11. The molecule has 3 saturated carbocycles. The monoisotopic (exact) mass is 717 g/mol. The Morgan fingerprint density at radius 3 is 2.55 bits per heavy atom. The molecule has 2 saturated heterocycles. The molecule has 5 unspecified atom stereocenters. The molecule has 2 heterocycles. The molecule has 1 amide bonds. The van der Waals surface area contributed by atoms with Gasteiger partial charge in [0, 0.05) is 62.9 Å². The number of amides is 1. The zero-order valence-electron chi connectivity index (χ0n) is 33.5. The number of nitrogens with one attached hydrogen (secondary N) is 1. The van der Waals surface area contributed by atoms with Gasteiger partial charge in [-0.2, -0.15) is 0 Å². The van der Waals surface area contributed by atoms with Gasteiger partial charge in [0.25, 0.3) is 0 Å². The smallest absolute Gasteiger partial charge is 0.245 e. The van der Waals surface area contributed by atoms with Crippen molar-refractivity contribution in [3.05, 3.63) is 107 Å². The Morgan fingerprint density at radius 1 is 1.13 bits per heavy atom. The fraction of sp³-hybridized carbons (Fsp3) is 0.553. The summed E-state index contributed by atoms with van der Waals surface area (Å²) in [5.74, 6) is 2.63. The van der Waals surface area contributed by atoms with Crippen LogP contribution < -0.4 is 15.8 Å². The van der Waals surface area contributed by atoms with Crippen molar-refractivity contribution in [2.45, 2.75) is 92.2 Å². The molecule has 4 aliphatic carbocycles. The number of carbonyl (C=O) groups is 1. The lowest BCUT2D eigenvalue weighted by molar-refractivity contribution is -0.268. The van der Waals surface area contributed by atoms with E-state index in [0.29, 0.717) is 54.7 Å². The van der Waals surface area contributed by atoms with Gasteiger partial charge < -0.3 is 24.8 Å². The Bertz CT molecular complexity index is 1880. The Labute approximate surface area is 319 Å². The zero-order valence-corrected chi connectivity index (χ0v) is 33.5. The van der Waals surface area contributed by atoms with E-state index in [1.807, 2.05) is 19.1 Å². The first kappa shape index (κ1) is 37.4. The molecule has 8 atom stereocenters. The van der Waals surface area contributed by atoms with Gasteiger partial charge in [-0.05, 0) is 89.7 Å². The van der Waals surface area contributed by atoms with Gasteiger partial charge in [0.1, 0.15) is 11.8 Å². The van der Waals surface area contributed by atoms with Crippen LogP contribution >= 0.6 is 0 Å². The first-order valence-electron chi connectivity index (χ1n) is 20.3. The molecule has 0 spiro atoms. The normalized spacial score (nSPS) is 34.5. The molecule has 7 rings (SSSR count). The van der Waals surface area contributed by atoms with Crippen molar-refractivity contribution in [3.8, 4) is 0 Å². The molecule has 1 aromatic rings. The van der Waals surface area contributed by atoms with Gasteiger partial charge in [-0.25, -0.2) is 0 Å². The first-order chi connectivity index (χ1) is 25.3. The van der Waals surface area contributed by atoms with E-state index in [1.165, 1.54) is 29.8 Å². The molecule has 53 heavy (non-hydrogen) atoms. The van der Waals surface area contributed by atoms with E-state index < -0.39 is 6.04 Å².